The van der Waals surface area contributed by atoms with E-state index in [1.807, 2.05) is 18.2 Å². The third-order valence-electron chi connectivity index (χ3n) is 3.17. The second-order valence-corrected chi connectivity index (χ2v) is 5.29. The second kappa shape index (κ2) is 4.35. The summed E-state index contributed by atoms with van der Waals surface area (Å²) in [6, 6.07) is 10.0. The van der Waals surface area contributed by atoms with Crippen molar-refractivity contribution in [2.75, 3.05) is 5.32 Å². The number of halogens is 3. The molecule has 0 bridgehead atoms. The molecule has 1 aliphatic rings. The van der Waals surface area contributed by atoms with Gasteiger partial charge >= 0.3 is 0 Å². The molecule has 1 atom stereocenters. The fourth-order valence-electron chi connectivity index (χ4n) is 2.26. The van der Waals surface area contributed by atoms with Crippen LogP contribution in [0.25, 0.3) is 0 Å². The molecule has 4 heteroatoms. The van der Waals surface area contributed by atoms with E-state index in [9.17, 15) is 8.78 Å². The SMILES string of the molecule is Fc1ccc(C2Cc3cc(Br)ccc3N2)cc1F. The Balaban J connectivity index is 1.91. The first kappa shape index (κ1) is 11.7. The van der Waals surface area contributed by atoms with E-state index in [0.717, 1.165) is 22.1 Å². The van der Waals surface area contributed by atoms with Gasteiger partial charge in [-0.15, -0.1) is 0 Å². The molecule has 0 fully saturated rings. The van der Waals surface area contributed by atoms with Gasteiger partial charge in [-0.1, -0.05) is 22.0 Å². The minimum Gasteiger partial charge on any atom is -0.378 e. The van der Waals surface area contributed by atoms with Crippen molar-refractivity contribution >= 4 is 21.6 Å². The van der Waals surface area contributed by atoms with Crippen molar-refractivity contribution in [2.24, 2.45) is 0 Å². The first-order valence-electron chi connectivity index (χ1n) is 5.63. The van der Waals surface area contributed by atoms with E-state index >= 15 is 0 Å². The maximum Gasteiger partial charge on any atom is 0.159 e. The predicted octanol–water partition coefficient (Wildman–Crippen LogP) is 4.44. The fraction of sp³-hybridized carbons (Fsp3) is 0.143. The molecule has 3 rings (SSSR count). The Kier molecular flexibility index (Phi) is 2.82. The maximum absolute atomic E-state index is 13.2. The molecule has 92 valence electrons. The van der Waals surface area contributed by atoms with Gasteiger partial charge in [-0.05, 0) is 47.9 Å². The number of nitrogens with one attached hydrogen (secondary N) is 1. The lowest BCUT2D eigenvalue weighted by Gasteiger charge is -2.11. The van der Waals surface area contributed by atoms with Gasteiger partial charge in [0.15, 0.2) is 11.6 Å². The van der Waals surface area contributed by atoms with E-state index in [-0.39, 0.29) is 6.04 Å². The van der Waals surface area contributed by atoms with Crippen molar-refractivity contribution < 1.29 is 8.78 Å². The molecule has 0 aromatic heterocycles. The molecule has 18 heavy (non-hydrogen) atoms. The van der Waals surface area contributed by atoms with Crippen LogP contribution in [0.2, 0.25) is 0 Å². The molecular weight excluding hydrogens is 300 g/mol. The van der Waals surface area contributed by atoms with Crippen LogP contribution in [-0.4, -0.2) is 0 Å². The molecule has 1 N–H and O–H groups in total. The zero-order chi connectivity index (χ0) is 12.7. The number of benzene rings is 2. The van der Waals surface area contributed by atoms with Crippen LogP contribution in [0.1, 0.15) is 17.2 Å². The van der Waals surface area contributed by atoms with Crippen LogP contribution in [0.15, 0.2) is 40.9 Å². The Bertz CT molecular complexity index is 613. The molecule has 0 radical (unpaired) electrons. The highest BCUT2D eigenvalue weighted by molar-refractivity contribution is 9.10. The molecule has 1 aliphatic heterocycles. The summed E-state index contributed by atoms with van der Waals surface area (Å²) in [4.78, 5) is 0. The third kappa shape index (κ3) is 2.01. The van der Waals surface area contributed by atoms with Crippen molar-refractivity contribution in [2.45, 2.75) is 12.5 Å². The molecule has 1 heterocycles. The molecular formula is C14H10BrF2N. The minimum absolute atomic E-state index is 0.00407. The van der Waals surface area contributed by atoms with Gasteiger partial charge in [0.2, 0.25) is 0 Å². The molecule has 0 aliphatic carbocycles. The van der Waals surface area contributed by atoms with Crippen molar-refractivity contribution in [1.82, 2.24) is 0 Å². The molecule has 1 unspecified atom stereocenters. The quantitative estimate of drug-likeness (QED) is 0.821. The Hall–Kier alpha value is -1.42. The summed E-state index contributed by atoms with van der Waals surface area (Å²) in [5.41, 5.74) is 2.99. The van der Waals surface area contributed by atoms with Gasteiger partial charge in [0.1, 0.15) is 0 Å². The Morgan fingerprint density at radius 2 is 1.89 bits per heavy atom. The van der Waals surface area contributed by atoms with Gasteiger partial charge in [-0.25, -0.2) is 8.78 Å². The van der Waals surface area contributed by atoms with Crippen LogP contribution < -0.4 is 5.32 Å². The van der Waals surface area contributed by atoms with Crippen LogP contribution in [0.3, 0.4) is 0 Å². The summed E-state index contributed by atoms with van der Waals surface area (Å²) < 4.78 is 27.1. The average Bonchev–Trinajstić information content (AvgIpc) is 2.75. The van der Waals surface area contributed by atoms with Crippen LogP contribution >= 0.6 is 15.9 Å². The lowest BCUT2D eigenvalue weighted by Crippen LogP contribution is -2.06. The van der Waals surface area contributed by atoms with Gasteiger partial charge in [-0.3, -0.25) is 0 Å². The highest BCUT2D eigenvalue weighted by Crippen LogP contribution is 2.35. The standard InChI is InChI=1S/C14H10BrF2N/c15-10-2-4-13-9(5-10)7-14(18-13)8-1-3-11(16)12(17)6-8/h1-6,14,18H,7H2. The Labute approximate surface area is 112 Å². The molecule has 2 aromatic carbocycles. The molecule has 2 aromatic rings. The lowest BCUT2D eigenvalue weighted by molar-refractivity contribution is 0.506. The van der Waals surface area contributed by atoms with Gasteiger partial charge in [0, 0.05) is 10.2 Å². The van der Waals surface area contributed by atoms with Crippen molar-refractivity contribution in [1.29, 1.82) is 0 Å². The minimum atomic E-state index is -0.808. The predicted molar refractivity (Wildman–Crippen MR) is 70.6 cm³/mol. The van der Waals surface area contributed by atoms with Crippen LogP contribution in [0.4, 0.5) is 14.5 Å². The van der Waals surface area contributed by atoms with E-state index in [4.69, 9.17) is 0 Å². The molecule has 0 amide bonds. The second-order valence-electron chi connectivity index (χ2n) is 4.38. The van der Waals surface area contributed by atoms with E-state index in [0.29, 0.717) is 0 Å². The number of rotatable bonds is 1. The molecule has 0 saturated carbocycles. The van der Waals surface area contributed by atoms with Crippen molar-refractivity contribution in [3.8, 4) is 0 Å². The van der Waals surface area contributed by atoms with Gasteiger partial charge in [0.05, 0.1) is 6.04 Å². The normalized spacial score (nSPS) is 17.4. The molecule has 1 nitrogen and oxygen atoms in total. The van der Waals surface area contributed by atoms with Gasteiger partial charge in [0.25, 0.3) is 0 Å². The number of hydrogen-bond donors (Lipinski definition) is 1. The van der Waals surface area contributed by atoms with Gasteiger partial charge < -0.3 is 5.32 Å². The van der Waals surface area contributed by atoms with Crippen molar-refractivity contribution in [3.63, 3.8) is 0 Å². The lowest BCUT2D eigenvalue weighted by atomic mass is 10.0. The zero-order valence-corrected chi connectivity index (χ0v) is 11.0. The summed E-state index contributed by atoms with van der Waals surface area (Å²) in [6.07, 6.45) is 0.778. The monoisotopic (exact) mass is 309 g/mol. The number of hydrogen-bond acceptors (Lipinski definition) is 1. The zero-order valence-electron chi connectivity index (χ0n) is 9.38. The summed E-state index contributed by atoms with van der Waals surface area (Å²) in [7, 11) is 0. The largest absolute Gasteiger partial charge is 0.378 e. The van der Waals surface area contributed by atoms with Crippen LogP contribution in [-0.2, 0) is 6.42 Å². The van der Waals surface area contributed by atoms with Crippen LogP contribution in [0, 0.1) is 11.6 Å². The third-order valence-corrected chi connectivity index (χ3v) is 3.66. The van der Waals surface area contributed by atoms with Crippen LogP contribution in [0.5, 0.6) is 0 Å². The highest BCUT2D eigenvalue weighted by Gasteiger charge is 2.22. The summed E-state index contributed by atoms with van der Waals surface area (Å²) >= 11 is 3.42. The summed E-state index contributed by atoms with van der Waals surface area (Å²) in [6.45, 7) is 0. The van der Waals surface area contributed by atoms with E-state index in [1.54, 1.807) is 6.07 Å². The first-order chi connectivity index (χ1) is 8.63. The molecule has 0 spiro atoms. The number of anilines is 1. The van der Waals surface area contributed by atoms with Crippen molar-refractivity contribution in [3.05, 3.63) is 63.6 Å². The summed E-state index contributed by atoms with van der Waals surface area (Å²) in [5.74, 6) is -1.61. The molecule has 0 saturated heterocycles. The topological polar surface area (TPSA) is 12.0 Å². The van der Waals surface area contributed by atoms with E-state index in [2.05, 4.69) is 21.2 Å². The van der Waals surface area contributed by atoms with E-state index in [1.165, 1.54) is 17.7 Å². The Morgan fingerprint density at radius 1 is 1.06 bits per heavy atom. The fourth-order valence-corrected chi connectivity index (χ4v) is 2.67. The van der Waals surface area contributed by atoms with Gasteiger partial charge in [-0.2, -0.15) is 0 Å². The van der Waals surface area contributed by atoms with E-state index < -0.39 is 11.6 Å². The first-order valence-corrected chi connectivity index (χ1v) is 6.43. The Morgan fingerprint density at radius 3 is 2.67 bits per heavy atom. The maximum atomic E-state index is 13.2. The highest BCUT2D eigenvalue weighted by atomic mass is 79.9. The smallest absolute Gasteiger partial charge is 0.159 e. The summed E-state index contributed by atoms with van der Waals surface area (Å²) in [5, 5.41) is 3.31. The number of fused-ring (bicyclic) bond motifs is 1. The average molecular weight is 310 g/mol.